The first-order chi connectivity index (χ1) is 13.7. The van der Waals surface area contributed by atoms with Gasteiger partial charge in [0.1, 0.15) is 11.2 Å². The number of carbonyl (C=O) groups is 1. The first-order valence-corrected chi connectivity index (χ1v) is 10.2. The Kier molecular flexibility index (Phi) is 4.07. The highest BCUT2D eigenvalue weighted by Crippen LogP contribution is 2.40. The molecule has 5 aromatic rings. The lowest BCUT2D eigenvalue weighted by molar-refractivity contribution is -0.131. The van der Waals surface area contributed by atoms with Gasteiger partial charge >= 0.3 is 14.2 Å². The summed E-state index contributed by atoms with van der Waals surface area (Å²) in [5.41, 5.74) is 1.31. The van der Waals surface area contributed by atoms with Gasteiger partial charge in [-0.15, -0.1) is 0 Å². The zero-order chi connectivity index (χ0) is 19.1. The average Bonchev–Trinajstić information content (AvgIpc) is 2.90. The van der Waals surface area contributed by atoms with Crippen LogP contribution in [0.15, 0.2) is 81.2 Å². The first-order valence-electron chi connectivity index (χ1n) is 9.15. The Morgan fingerprint density at radius 3 is 1.79 bits per heavy atom. The quantitative estimate of drug-likeness (QED) is 0.328. The van der Waals surface area contributed by atoms with Crippen molar-refractivity contribution in [3.8, 4) is 0 Å². The Hall–Kier alpha value is -3.23. The zero-order valence-electron chi connectivity index (χ0n) is 15.2. The lowest BCUT2D eigenvalue weighted by Gasteiger charge is -2.05. The minimum Gasteiger partial charge on any atom is -0.390 e. The van der Waals surface area contributed by atoms with E-state index in [-0.39, 0.29) is 12.4 Å². The van der Waals surface area contributed by atoms with E-state index in [9.17, 15) is 4.79 Å². The molecule has 0 aliphatic rings. The Morgan fingerprint density at radius 2 is 1.29 bits per heavy atom. The third-order valence-electron chi connectivity index (χ3n) is 4.84. The standard InChI is InChI=1S/C23H17O4P/c1-2-21(24)27-28-25-19-13-11-15-7-3-5-9-17(15)22(19)23-18-10-6-4-8-16(18)12-14-20(23)26-28/h3-14H,2H2,1H3. The molecule has 5 rings (SSSR count). The van der Waals surface area contributed by atoms with Crippen LogP contribution in [0.4, 0.5) is 0 Å². The first kappa shape index (κ1) is 16.9. The summed E-state index contributed by atoms with van der Waals surface area (Å²) in [6, 6.07) is 24.2. The largest absolute Gasteiger partial charge is 0.455 e. The molecular weight excluding hydrogens is 371 g/mol. The molecule has 1 heterocycles. The number of fused-ring (bicyclic) bond motifs is 7. The summed E-state index contributed by atoms with van der Waals surface area (Å²) in [6.07, 6.45) is 0.265. The lowest BCUT2D eigenvalue weighted by Crippen LogP contribution is -2.02. The van der Waals surface area contributed by atoms with E-state index in [1.54, 1.807) is 6.92 Å². The molecule has 0 bridgehead atoms. The maximum absolute atomic E-state index is 11.9. The van der Waals surface area contributed by atoms with Gasteiger partial charge in [0.2, 0.25) is 0 Å². The normalized spacial score (nSPS) is 11.3. The molecule has 0 amide bonds. The number of hydrogen-bond acceptors (Lipinski definition) is 4. The van der Waals surface area contributed by atoms with Crippen LogP contribution in [-0.4, -0.2) is 5.97 Å². The topological polar surface area (TPSA) is 52.6 Å². The second-order valence-electron chi connectivity index (χ2n) is 6.54. The highest BCUT2D eigenvalue weighted by Gasteiger charge is 2.14. The fraction of sp³-hybridized carbons (Fsp3) is 0.0870. The lowest BCUT2D eigenvalue weighted by atomic mass is 9.99. The fourth-order valence-electron chi connectivity index (χ4n) is 3.54. The van der Waals surface area contributed by atoms with Gasteiger partial charge in [0.15, 0.2) is 0 Å². The number of benzene rings is 4. The predicted octanol–water partition coefficient (Wildman–Crippen LogP) is 6.96. The highest BCUT2D eigenvalue weighted by atomic mass is 31.1. The van der Waals surface area contributed by atoms with Crippen LogP contribution in [0.2, 0.25) is 0 Å². The smallest absolute Gasteiger partial charge is 0.390 e. The summed E-state index contributed by atoms with van der Waals surface area (Å²) >= 11 is 0. The van der Waals surface area contributed by atoms with Gasteiger partial charge < -0.3 is 12.9 Å². The summed E-state index contributed by atoms with van der Waals surface area (Å²) in [5, 5.41) is 6.28. The summed E-state index contributed by atoms with van der Waals surface area (Å²) in [6.45, 7) is 1.75. The molecule has 5 heteroatoms. The van der Waals surface area contributed by atoms with E-state index in [0.717, 1.165) is 32.3 Å². The van der Waals surface area contributed by atoms with E-state index in [2.05, 4.69) is 24.3 Å². The van der Waals surface area contributed by atoms with E-state index < -0.39 is 8.24 Å². The van der Waals surface area contributed by atoms with Crippen LogP contribution in [0.1, 0.15) is 13.3 Å². The molecule has 1 aromatic heterocycles. The van der Waals surface area contributed by atoms with Gasteiger partial charge in [-0.05, 0) is 33.7 Å². The van der Waals surface area contributed by atoms with Crippen molar-refractivity contribution < 1.29 is 17.7 Å². The van der Waals surface area contributed by atoms with Crippen molar-refractivity contribution in [2.24, 2.45) is 0 Å². The Balaban J connectivity index is 2.05. The number of rotatable bonds is 2. The van der Waals surface area contributed by atoms with Crippen LogP contribution in [-0.2, 0) is 4.79 Å². The van der Waals surface area contributed by atoms with Crippen LogP contribution < -0.4 is 4.52 Å². The SMILES string of the molecule is CCC(=O)Op1oc2ccc3ccccc3c2c2c(ccc3ccccc32)o1. The molecule has 0 N–H and O–H groups in total. The second kappa shape index (κ2) is 6.74. The number of carbonyl (C=O) groups excluding carboxylic acids is 1. The molecule has 0 saturated heterocycles. The van der Waals surface area contributed by atoms with Crippen LogP contribution in [0.25, 0.3) is 43.5 Å². The average molecular weight is 388 g/mol. The molecule has 138 valence electrons. The van der Waals surface area contributed by atoms with Gasteiger partial charge in [0.25, 0.3) is 0 Å². The Bertz CT molecular complexity index is 1300. The summed E-state index contributed by atoms with van der Waals surface area (Å²) < 4.78 is 17.6. The summed E-state index contributed by atoms with van der Waals surface area (Å²) in [7, 11) is -1.88. The molecule has 0 unspecified atom stereocenters. The molecule has 4 nitrogen and oxygen atoms in total. The Morgan fingerprint density at radius 1 is 0.786 bits per heavy atom. The fourth-order valence-corrected chi connectivity index (χ4v) is 4.57. The molecule has 0 fully saturated rings. The van der Waals surface area contributed by atoms with E-state index in [0.29, 0.717) is 11.2 Å². The van der Waals surface area contributed by atoms with Crippen molar-refractivity contribution in [3.63, 3.8) is 0 Å². The van der Waals surface area contributed by atoms with Crippen LogP contribution in [0.5, 0.6) is 0 Å². The third-order valence-corrected chi connectivity index (χ3v) is 5.89. The van der Waals surface area contributed by atoms with Gasteiger partial charge in [0.05, 0.1) is 0 Å². The van der Waals surface area contributed by atoms with Gasteiger partial charge in [0, 0.05) is 17.2 Å². The number of hydrogen-bond donors (Lipinski definition) is 0. The summed E-state index contributed by atoms with van der Waals surface area (Å²) in [4.78, 5) is 11.9. The van der Waals surface area contributed by atoms with Gasteiger partial charge in [-0.25, -0.2) is 0 Å². The van der Waals surface area contributed by atoms with E-state index in [1.807, 2.05) is 48.5 Å². The Labute approximate surface area is 161 Å². The highest BCUT2D eigenvalue weighted by molar-refractivity contribution is 7.32. The summed E-state index contributed by atoms with van der Waals surface area (Å²) in [5.74, 6) is -0.349. The second-order valence-corrected chi connectivity index (χ2v) is 7.54. The third kappa shape index (κ3) is 2.74. The van der Waals surface area contributed by atoms with Gasteiger partial charge in [-0.1, -0.05) is 67.6 Å². The van der Waals surface area contributed by atoms with E-state index >= 15 is 0 Å². The van der Waals surface area contributed by atoms with Gasteiger partial charge in [-0.3, -0.25) is 4.79 Å². The molecule has 0 atom stereocenters. The molecule has 0 radical (unpaired) electrons. The maximum atomic E-state index is 11.9. The minimum atomic E-state index is -1.88. The molecule has 4 aromatic carbocycles. The zero-order valence-corrected chi connectivity index (χ0v) is 16.1. The molecular formula is C23H17O4P. The van der Waals surface area contributed by atoms with E-state index in [1.165, 1.54) is 0 Å². The van der Waals surface area contributed by atoms with Crippen molar-refractivity contribution in [2.75, 3.05) is 0 Å². The van der Waals surface area contributed by atoms with E-state index in [4.69, 9.17) is 12.9 Å². The van der Waals surface area contributed by atoms with Crippen molar-refractivity contribution in [3.05, 3.63) is 72.8 Å². The maximum Gasteiger partial charge on any atom is 0.455 e. The van der Waals surface area contributed by atoms with Crippen LogP contribution >= 0.6 is 8.24 Å². The van der Waals surface area contributed by atoms with Crippen molar-refractivity contribution in [1.82, 2.24) is 0 Å². The van der Waals surface area contributed by atoms with Crippen molar-refractivity contribution in [1.29, 1.82) is 0 Å². The van der Waals surface area contributed by atoms with Crippen molar-refractivity contribution in [2.45, 2.75) is 13.3 Å². The van der Waals surface area contributed by atoms with Crippen LogP contribution in [0.3, 0.4) is 0 Å². The van der Waals surface area contributed by atoms with Crippen LogP contribution in [0, 0.1) is 0 Å². The molecule has 0 aliphatic heterocycles. The van der Waals surface area contributed by atoms with Gasteiger partial charge in [-0.2, -0.15) is 0 Å². The minimum absolute atomic E-state index is 0.265. The molecule has 0 saturated carbocycles. The monoisotopic (exact) mass is 388 g/mol. The van der Waals surface area contributed by atoms with Crippen molar-refractivity contribution >= 4 is 57.7 Å². The predicted molar refractivity (Wildman–Crippen MR) is 113 cm³/mol. The molecule has 28 heavy (non-hydrogen) atoms. The molecule has 0 aliphatic carbocycles. The molecule has 0 spiro atoms.